The van der Waals surface area contributed by atoms with Crippen LogP contribution in [0.4, 0.5) is 5.69 Å². The van der Waals surface area contributed by atoms with E-state index in [9.17, 15) is 0 Å². The van der Waals surface area contributed by atoms with Crippen molar-refractivity contribution in [3.05, 3.63) is 66.2 Å². The first-order valence-corrected chi connectivity index (χ1v) is 8.46. The van der Waals surface area contributed by atoms with E-state index >= 15 is 0 Å². The first kappa shape index (κ1) is 20.8. The summed E-state index contributed by atoms with van der Waals surface area (Å²) in [4.78, 5) is 4.40. The van der Waals surface area contributed by atoms with E-state index in [0.717, 1.165) is 12.1 Å². The summed E-state index contributed by atoms with van der Waals surface area (Å²) >= 11 is 0. The minimum atomic E-state index is 0. The maximum Gasteiger partial charge on any atom is 0.193 e. The fourth-order valence-corrected chi connectivity index (χ4v) is 2.80. The average Bonchev–Trinajstić information content (AvgIpc) is 2.67. The molecule has 0 aliphatic heterocycles. The van der Waals surface area contributed by atoms with Gasteiger partial charge in [-0.15, -0.1) is 24.0 Å². The number of guanidine groups is 1. The Labute approximate surface area is 176 Å². The van der Waals surface area contributed by atoms with Gasteiger partial charge in [-0.2, -0.15) is 0 Å². The predicted molar refractivity (Wildman–Crippen MR) is 123 cm³/mol. The third kappa shape index (κ3) is 5.50. The highest BCUT2D eigenvalue weighted by atomic mass is 127. The molecule has 0 atom stereocenters. The van der Waals surface area contributed by atoms with Gasteiger partial charge in [-0.25, -0.2) is 0 Å². The molecule has 0 amide bonds. The zero-order valence-corrected chi connectivity index (χ0v) is 17.8. The van der Waals surface area contributed by atoms with E-state index in [1.165, 1.54) is 16.3 Å². The quantitative estimate of drug-likeness (QED) is 0.313. The van der Waals surface area contributed by atoms with E-state index in [2.05, 4.69) is 46.7 Å². The molecule has 0 radical (unpaired) electrons. The zero-order chi connectivity index (χ0) is 18.4. The number of anilines is 1. The Bertz CT molecular complexity index is 928. The number of hydrogen-bond donors (Lipinski definition) is 2. The molecule has 5 nitrogen and oxygen atoms in total. The molecule has 0 unspecified atom stereocenters. The fourth-order valence-electron chi connectivity index (χ4n) is 2.80. The highest BCUT2D eigenvalue weighted by Crippen LogP contribution is 2.29. The summed E-state index contributed by atoms with van der Waals surface area (Å²) in [5.41, 5.74) is 8.03. The number of hydrogen-bond acceptors (Lipinski definition) is 3. The van der Waals surface area contributed by atoms with Crippen LogP contribution in [0.1, 0.15) is 5.56 Å². The molecule has 6 heteroatoms. The fraction of sp³-hybridized carbons (Fsp3) is 0.190. The van der Waals surface area contributed by atoms with Crippen LogP contribution in [0.3, 0.4) is 0 Å². The largest absolute Gasteiger partial charge is 0.493 e. The van der Waals surface area contributed by atoms with Gasteiger partial charge >= 0.3 is 0 Å². The monoisotopic (exact) mass is 477 g/mol. The van der Waals surface area contributed by atoms with Gasteiger partial charge in [0.2, 0.25) is 0 Å². The minimum absolute atomic E-state index is 0. The van der Waals surface area contributed by atoms with Crippen LogP contribution >= 0.6 is 24.0 Å². The van der Waals surface area contributed by atoms with Crippen molar-refractivity contribution in [2.45, 2.75) is 6.42 Å². The van der Waals surface area contributed by atoms with Gasteiger partial charge < -0.3 is 20.5 Å². The number of aliphatic imine (C=N–C) groups is 1. The average molecular weight is 477 g/mol. The Morgan fingerprint density at radius 3 is 2.41 bits per heavy atom. The molecular formula is C21H24IN3O2. The van der Waals surface area contributed by atoms with E-state index < -0.39 is 0 Å². The number of benzene rings is 3. The van der Waals surface area contributed by atoms with E-state index in [1.54, 1.807) is 14.2 Å². The number of ether oxygens (including phenoxy) is 2. The maximum absolute atomic E-state index is 5.99. The van der Waals surface area contributed by atoms with Crippen LogP contribution in [0.2, 0.25) is 0 Å². The minimum Gasteiger partial charge on any atom is -0.493 e. The number of halogens is 1. The molecule has 0 saturated heterocycles. The van der Waals surface area contributed by atoms with Crippen LogP contribution in [0.15, 0.2) is 65.7 Å². The Morgan fingerprint density at radius 2 is 1.67 bits per heavy atom. The van der Waals surface area contributed by atoms with Gasteiger partial charge in [-0.1, -0.05) is 42.5 Å². The molecule has 3 rings (SSSR count). The molecule has 0 heterocycles. The molecule has 0 aromatic heterocycles. The number of nitrogens with two attached hydrogens (primary N) is 1. The number of methoxy groups -OCH3 is 2. The second-order valence-corrected chi connectivity index (χ2v) is 5.89. The highest BCUT2D eigenvalue weighted by molar-refractivity contribution is 14.0. The predicted octanol–water partition coefficient (Wildman–Crippen LogP) is 4.44. The number of fused-ring (bicyclic) bond motifs is 1. The van der Waals surface area contributed by atoms with Gasteiger partial charge in [0.1, 0.15) is 0 Å². The second kappa shape index (κ2) is 10.0. The summed E-state index contributed by atoms with van der Waals surface area (Å²) in [6.45, 7) is 0.616. The molecule has 3 N–H and O–H groups in total. The lowest BCUT2D eigenvalue weighted by Crippen LogP contribution is -2.23. The van der Waals surface area contributed by atoms with Crippen molar-refractivity contribution in [2.24, 2.45) is 10.7 Å². The van der Waals surface area contributed by atoms with Crippen LogP contribution in [0.5, 0.6) is 11.5 Å². The smallest absolute Gasteiger partial charge is 0.193 e. The number of nitrogens with one attached hydrogen (secondary N) is 1. The van der Waals surface area contributed by atoms with Crippen molar-refractivity contribution < 1.29 is 9.47 Å². The zero-order valence-electron chi connectivity index (χ0n) is 15.4. The Morgan fingerprint density at radius 1 is 0.926 bits per heavy atom. The molecule has 0 saturated carbocycles. The Balaban J connectivity index is 0.00000261. The molecule has 0 spiro atoms. The lowest BCUT2D eigenvalue weighted by atomic mass is 10.1. The summed E-state index contributed by atoms with van der Waals surface area (Å²) in [6, 6.07) is 20.3. The van der Waals surface area contributed by atoms with Crippen LogP contribution in [-0.4, -0.2) is 26.7 Å². The molecule has 27 heavy (non-hydrogen) atoms. The van der Waals surface area contributed by atoms with E-state index in [-0.39, 0.29) is 24.0 Å². The highest BCUT2D eigenvalue weighted by Gasteiger charge is 2.05. The standard InChI is InChI=1S/C21H23N3O2.HI/c1-25-19-10-9-18(14-20(19)26-2)24-21(22)23-12-11-15-7-8-16-5-3-4-6-17(16)13-15;/h3-10,13-14H,11-12H2,1-2H3,(H3,22,23,24);1H. The Hall–Kier alpha value is -2.48. The summed E-state index contributed by atoms with van der Waals surface area (Å²) in [7, 11) is 3.20. The first-order valence-electron chi connectivity index (χ1n) is 8.46. The normalized spacial score (nSPS) is 11.0. The topological polar surface area (TPSA) is 68.9 Å². The molecule has 3 aromatic carbocycles. The summed E-state index contributed by atoms with van der Waals surface area (Å²) in [5, 5.41) is 5.56. The molecular weight excluding hydrogens is 453 g/mol. The van der Waals surface area contributed by atoms with E-state index in [1.807, 2.05) is 24.3 Å². The third-order valence-corrected chi connectivity index (χ3v) is 4.15. The molecule has 0 aliphatic rings. The van der Waals surface area contributed by atoms with Crippen LogP contribution in [-0.2, 0) is 6.42 Å². The molecule has 0 bridgehead atoms. The van der Waals surface area contributed by atoms with Crippen molar-refractivity contribution in [3.63, 3.8) is 0 Å². The van der Waals surface area contributed by atoms with Crippen molar-refractivity contribution in [1.29, 1.82) is 0 Å². The SMILES string of the molecule is COc1ccc(NC(N)=NCCc2ccc3ccccc3c2)cc1OC.I. The lowest BCUT2D eigenvalue weighted by Gasteiger charge is -2.11. The second-order valence-electron chi connectivity index (χ2n) is 5.89. The van der Waals surface area contributed by atoms with Crippen LogP contribution < -0.4 is 20.5 Å². The van der Waals surface area contributed by atoms with Gasteiger partial charge in [0.25, 0.3) is 0 Å². The summed E-state index contributed by atoms with van der Waals surface area (Å²) in [5.74, 6) is 1.68. The van der Waals surface area contributed by atoms with Crippen LogP contribution in [0, 0.1) is 0 Å². The molecule has 142 valence electrons. The van der Waals surface area contributed by atoms with E-state index in [0.29, 0.717) is 24.0 Å². The summed E-state index contributed by atoms with van der Waals surface area (Å²) < 4.78 is 10.5. The first-order chi connectivity index (χ1) is 12.7. The lowest BCUT2D eigenvalue weighted by molar-refractivity contribution is 0.355. The number of rotatable bonds is 6. The summed E-state index contributed by atoms with van der Waals surface area (Å²) in [6.07, 6.45) is 0.832. The molecule has 3 aromatic rings. The van der Waals surface area contributed by atoms with Gasteiger partial charge in [-0.05, 0) is 34.9 Å². The molecule has 0 fully saturated rings. The van der Waals surface area contributed by atoms with Crippen LogP contribution in [0.25, 0.3) is 10.8 Å². The van der Waals surface area contributed by atoms with Gasteiger partial charge in [0.15, 0.2) is 17.5 Å². The third-order valence-electron chi connectivity index (χ3n) is 4.15. The molecule has 0 aliphatic carbocycles. The maximum atomic E-state index is 5.99. The van der Waals surface area contributed by atoms with Crippen molar-refractivity contribution in [2.75, 3.05) is 26.1 Å². The Kier molecular flexibility index (Phi) is 7.72. The van der Waals surface area contributed by atoms with E-state index in [4.69, 9.17) is 15.2 Å². The van der Waals surface area contributed by atoms with Gasteiger partial charge in [0.05, 0.1) is 14.2 Å². The van der Waals surface area contributed by atoms with Crippen molar-refractivity contribution in [3.8, 4) is 11.5 Å². The van der Waals surface area contributed by atoms with Crippen molar-refractivity contribution in [1.82, 2.24) is 0 Å². The van der Waals surface area contributed by atoms with Gasteiger partial charge in [-0.3, -0.25) is 4.99 Å². The van der Waals surface area contributed by atoms with Gasteiger partial charge in [0, 0.05) is 18.3 Å². The van der Waals surface area contributed by atoms with Crippen molar-refractivity contribution >= 4 is 46.4 Å². The number of nitrogens with zero attached hydrogens (tertiary/aromatic N) is 1.